The standard InChI is InChI=1S/C16H23ClN2O2/c1-16(2,3)21-15(20)19-12-6-7-13(14(17)9-12)11-5-4-8-18-10-11/h6-7,9,11,18H,4-5,8,10H2,1-3H3,(H,19,20). The van der Waals surface area contributed by atoms with Crippen LogP contribution in [0.15, 0.2) is 18.2 Å². The van der Waals surface area contributed by atoms with E-state index in [0.717, 1.165) is 25.1 Å². The molecular weight excluding hydrogens is 288 g/mol. The van der Waals surface area contributed by atoms with Crippen LogP contribution in [-0.2, 0) is 4.74 Å². The van der Waals surface area contributed by atoms with Crippen molar-refractivity contribution in [2.45, 2.75) is 45.1 Å². The largest absolute Gasteiger partial charge is 0.444 e. The second-order valence-corrected chi connectivity index (χ2v) is 6.81. The van der Waals surface area contributed by atoms with Crippen LogP contribution in [0.4, 0.5) is 10.5 Å². The minimum atomic E-state index is -0.512. The van der Waals surface area contributed by atoms with Crippen LogP contribution < -0.4 is 10.6 Å². The number of halogens is 1. The highest BCUT2D eigenvalue weighted by molar-refractivity contribution is 6.31. The summed E-state index contributed by atoms with van der Waals surface area (Å²) in [6.07, 6.45) is 1.84. The molecular formula is C16H23ClN2O2. The summed E-state index contributed by atoms with van der Waals surface area (Å²) in [6, 6.07) is 5.65. The van der Waals surface area contributed by atoms with E-state index in [4.69, 9.17) is 16.3 Å². The van der Waals surface area contributed by atoms with Gasteiger partial charge in [0.25, 0.3) is 0 Å². The second-order valence-electron chi connectivity index (χ2n) is 6.41. The van der Waals surface area contributed by atoms with E-state index >= 15 is 0 Å². The first kappa shape index (κ1) is 16.1. The molecule has 0 saturated carbocycles. The predicted molar refractivity (Wildman–Crippen MR) is 86.2 cm³/mol. The van der Waals surface area contributed by atoms with Gasteiger partial charge < -0.3 is 10.1 Å². The van der Waals surface area contributed by atoms with Gasteiger partial charge in [-0.15, -0.1) is 0 Å². The van der Waals surface area contributed by atoms with Crippen LogP contribution in [0.25, 0.3) is 0 Å². The van der Waals surface area contributed by atoms with E-state index in [2.05, 4.69) is 10.6 Å². The number of nitrogens with one attached hydrogen (secondary N) is 2. The van der Waals surface area contributed by atoms with E-state index in [0.29, 0.717) is 16.6 Å². The molecule has 1 fully saturated rings. The fourth-order valence-corrected chi connectivity index (χ4v) is 2.81. The Bertz CT molecular complexity index is 505. The SMILES string of the molecule is CC(C)(C)OC(=O)Nc1ccc(C2CCCNC2)c(Cl)c1. The number of carbonyl (C=O) groups is 1. The van der Waals surface area contributed by atoms with Crippen molar-refractivity contribution in [3.05, 3.63) is 28.8 Å². The lowest BCUT2D eigenvalue weighted by atomic mass is 9.91. The Balaban J connectivity index is 2.03. The van der Waals surface area contributed by atoms with Crippen LogP contribution in [0.1, 0.15) is 45.1 Å². The highest BCUT2D eigenvalue weighted by Crippen LogP contribution is 2.31. The molecule has 116 valence electrons. The quantitative estimate of drug-likeness (QED) is 0.862. The number of rotatable bonds is 2. The van der Waals surface area contributed by atoms with Gasteiger partial charge in [-0.25, -0.2) is 4.79 Å². The van der Waals surface area contributed by atoms with Gasteiger partial charge in [-0.1, -0.05) is 17.7 Å². The summed E-state index contributed by atoms with van der Waals surface area (Å²) in [7, 11) is 0. The monoisotopic (exact) mass is 310 g/mol. The van der Waals surface area contributed by atoms with Crippen LogP contribution in [-0.4, -0.2) is 24.8 Å². The number of benzene rings is 1. The third-order valence-electron chi connectivity index (χ3n) is 3.38. The molecule has 0 radical (unpaired) electrons. The first-order valence-electron chi connectivity index (χ1n) is 7.35. The van der Waals surface area contributed by atoms with Crippen LogP contribution in [0.2, 0.25) is 5.02 Å². The zero-order valence-corrected chi connectivity index (χ0v) is 13.6. The Morgan fingerprint density at radius 2 is 2.19 bits per heavy atom. The summed E-state index contributed by atoms with van der Waals surface area (Å²) in [5.41, 5.74) is 1.28. The van der Waals surface area contributed by atoms with Crippen LogP contribution in [0.5, 0.6) is 0 Å². The maximum atomic E-state index is 11.7. The lowest BCUT2D eigenvalue weighted by Crippen LogP contribution is -2.28. The molecule has 1 heterocycles. The van der Waals surface area contributed by atoms with E-state index in [1.54, 1.807) is 6.07 Å². The maximum Gasteiger partial charge on any atom is 0.412 e. The van der Waals surface area contributed by atoms with Crippen molar-refractivity contribution in [3.8, 4) is 0 Å². The molecule has 0 bridgehead atoms. The molecule has 1 aliphatic heterocycles. The fraction of sp³-hybridized carbons (Fsp3) is 0.562. The minimum Gasteiger partial charge on any atom is -0.444 e. The van der Waals surface area contributed by atoms with Gasteiger partial charge >= 0.3 is 6.09 Å². The molecule has 1 aromatic carbocycles. The van der Waals surface area contributed by atoms with Crippen LogP contribution >= 0.6 is 11.6 Å². The molecule has 1 amide bonds. The first-order valence-corrected chi connectivity index (χ1v) is 7.73. The summed E-state index contributed by atoms with van der Waals surface area (Å²) in [4.78, 5) is 11.7. The zero-order valence-electron chi connectivity index (χ0n) is 12.8. The highest BCUT2D eigenvalue weighted by atomic mass is 35.5. The molecule has 1 atom stereocenters. The van der Waals surface area contributed by atoms with Gasteiger partial charge in [0, 0.05) is 17.3 Å². The molecule has 0 aromatic heterocycles. The molecule has 2 rings (SSSR count). The van der Waals surface area contributed by atoms with Crippen molar-refractivity contribution in [2.75, 3.05) is 18.4 Å². The third-order valence-corrected chi connectivity index (χ3v) is 3.71. The molecule has 0 spiro atoms. The maximum absolute atomic E-state index is 11.7. The van der Waals surface area contributed by atoms with E-state index in [1.807, 2.05) is 32.9 Å². The van der Waals surface area contributed by atoms with Gasteiger partial charge in [-0.3, -0.25) is 5.32 Å². The summed E-state index contributed by atoms with van der Waals surface area (Å²) >= 11 is 6.36. The topological polar surface area (TPSA) is 50.4 Å². The highest BCUT2D eigenvalue weighted by Gasteiger charge is 2.19. The molecule has 4 nitrogen and oxygen atoms in total. The third kappa shape index (κ3) is 4.90. The van der Waals surface area contributed by atoms with Gasteiger partial charge in [0.2, 0.25) is 0 Å². The summed E-state index contributed by atoms with van der Waals surface area (Å²) in [5.74, 6) is 0.446. The fourth-order valence-electron chi connectivity index (χ4n) is 2.47. The van der Waals surface area contributed by atoms with Crippen molar-refractivity contribution in [1.29, 1.82) is 0 Å². The average molecular weight is 311 g/mol. The predicted octanol–water partition coefficient (Wildman–Crippen LogP) is 4.15. The van der Waals surface area contributed by atoms with E-state index in [-0.39, 0.29) is 0 Å². The zero-order chi connectivity index (χ0) is 15.5. The van der Waals surface area contributed by atoms with Crippen molar-refractivity contribution in [2.24, 2.45) is 0 Å². The smallest absolute Gasteiger partial charge is 0.412 e. The molecule has 1 aliphatic rings. The van der Waals surface area contributed by atoms with Crippen LogP contribution in [0.3, 0.4) is 0 Å². The first-order chi connectivity index (χ1) is 9.85. The number of anilines is 1. The lowest BCUT2D eigenvalue weighted by Gasteiger charge is -2.24. The molecule has 1 unspecified atom stereocenters. The van der Waals surface area contributed by atoms with E-state index < -0.39 is 11.7 Å². The van der Waals surface area contributed by atoms with Gasteiger partial charge in [0.15, 0.2) is 0 Å². The summed E-state index contributed by atoms with van der Waals surface area (Å²) in [6.45, 7) is 7.53. The minimum absolute atomic E-state index is 0.446. The Morgan fingerprint density at radius 3 is 2.76 bits per heavy atom. The average Bonchev–Trinajstić information content (AvgIpc) is 2.37. The number of hydrogen-bond donors (Lipinski definition) is 2. The summed E-state index contributed by atoms with van der Waals surface area (Å²) < 4.78 is 5.22. The van der Waals surface area contributed by atoms with E-state index in [9.17, 15) is 4.79 Å². The molecule has 5 heteroatoms. The van der Waals surface area contributed by atoms with Crippen molar-refractivity contribution >= 4 is 23.4 Å². The molecule has 21 heavy (non-hydrogen) atoms. The number of amides is 1. The molecule has 0 aliphatic carbocycles. The molecule has 1 saturated heterocycles. The van der Waals surface area contributed by atoms with E-state index in [1.165, 1.54) is 6.42 Å². The van der Waals surface area contributed by atoms with Crippen molar-refractivity contribution in [1.82, 2.24) is 5.32 Å². The Kier molecular flexibility index (Phi) is 5.12. The van der Waals surface area contributed by atoms with Gasteiger partial charge in [-0.2, -0.15) is 0 Å². The van der Waals surface area contributed by atoms with Gasteiger partial charge in [-0.05, 0) is 63.8 Å². The second kappa shape index (κ2) is 6.67. The lowest BCUT2D eigenvalue weighted by molar-refractivity contribution is 0.0636. The van der Waals surface area contributed by atoms with Crippen molar-refractivity contribution in [3.63, 3.8) is 0 Å². The Labute approximate surface area is 131 Å². The Morgan fingerprint density at radius 1 is 1.43 bits per heavy atom. The summed E-state index contributed by atoms with van der Waals surface area (Å²) in [5, 5.41) is 6.78. The molecule has 2 N–H and O–H groups in total. The molecule has 1 aromatic rings. The van der Waals surface area contributed by atoms with Crippen LogP contribution in [0, 0.1) is 0 Å². The van der Waals surface area contributed by atoms with Gasteiger partial charge in [0.05, 0.1) is 0 Å². The normalized spacial score (nSPS) is 19.1. The number of carbonyl (C=O) groups excluding carboxylic acids is 1. The number of piperidine rings is 1. The number of ether oxygens (including phenoxy) is 1. The Hall–Kier alpha value is -1.26. The number of hydrogen-bond acceptors (Lipinski definition) is 3. The van der Waals surface area contributed by atoms with Crippen molar-refractivity contribution < 1.29 is 9.53 Å². The van der Waals surface area contributed by atoms with Gasteiger partial charge in [0.1, 0.15) is 5.60 Å².